The number of nitrogens with zero attached hydrogens (tertiary/aromatic N) is 2. The number of aromatic nitrogens is 2. The summed E-state index contributed by atoms with van der Waals surface area (Å²) in [5.41, 5.74) is 1.22. The summed E-state index contributed by atoms with van der Waals surface area (Å²) in [5.74, 6) is -1.42. The zero-order chi connectivity index (χ0) is 23.0. The Morgan fingerprint density at radius 1 is 1.10 bits per heavy atom. The standard InChI is InChI=1S/C22H21F3N2O4/c1-21(2,3)19-20(30)27(10-9-18(28)29)17-12-14(7-8-16(17)26-19)13-5-4-6-15(11-13)31-22(23,24)25/h4-8,11-12H,9-10H2,1-3H3,(H,28,29). The van der Waals surface area contributed by atoms with E-state index < -0.39 is 23.3 Å². The fourth-order valence-electron chi connectivity index (χ4n) is 3.21. The number of alkyl halides is 3. The van der Waals surface area contributed by atoms with Crippen LogP contribution in [0.25, 0.3) is 22.2 Å². The predicted octanol–water partition coefficient (Wildman–Crippen LogP) is 4.73. The molecule has 2 aromatic carbocycles. The van der Waals surface area contributed by atoms with Crippen molar-refractivity contribution >= 4 is 17.0 Å². The van der Waals surface area contributed by atoms with Gasteiger partial charge < -0.3 is 14.4 Å². The lowest BCUT2D eigenvalue weighted by atomic mass is 9.92. The minimum atomic E-state index is -4.81. The number of benzene rings is 2. The molecule has 0 aliphatic carbocycles. The third kappa shape index (κ3) is 5.22. The summed E-state index contributed by atoms with van der Waals surface area (Å²) >= 11 is 0. The van der Waals surface area contributed by atoms with Crippen LogP contribution in [0.1, 0.15) is 32.9 Å². The molecule has 6 nitrogen and oxygen atoms in total. The van der Waals surface area contributed by atoms with Gasteiger partial charge in [0.05, 0.1) is 17.5 Å². The van der Waals surface area contributed by atoms with Crippen LogP contribution >= 0.6 is 0 Å². The number of carboxylic acids is 1. The Morgan fingerprint density at radius 3 is 2.39 bits per heavy atom. The third-order valence-electron chi connectivity index (χ3n) is 4.61. The number of aliphatic carboxylic acids is 1. The first-order chi connectivity index (χ1) is 14.3. The van der Waals surface area contributed by atoms with Crippen molar-refractivity contribution < 1.29 is 27.8 Å². The molecule has 31 heavy (non-hydrogen) atoms. The fraction of sp³-hybridized carbons (Fsp3) is 0.318. The molecule has 1 aromatic heterocycles. The zero-order valence-corrected chi connectivity index (χ0v) is 17.2. The summed E-state index contributed by atoms with van der Waals surface area (Å²) in [6, 6.07) is 10.4. The molecule has 1 heterocycles. The van der Waals surface area contributed by atoms with Crippen LogP contribution in [-0.4, -0.2) is 27.0 Å². The average Bonchev–Trinajstić information content (AvgIpc) is 2.64. The second-order valence-electron chi connectivity index (χ2n) is 8.09. The van der Waals surface area contributed by atoms with Crippen LogP contribution in [0, 0.1) is 0 Å². The van der Waals surface area contributed by atoms with Gasteiger partial charge in [0.15, 0.2) is 0 Å². The van der Waals surface area contributed by atoms with Gasteiger partial charge in [-0.05, 0) is 35.4 Å². The van der Waals surface area contributed by atoms with Crippen molar-refractivity contribution in [3.8, 4) is 16.9 Å². The average molecular weight is 434 g/mol. The molecule has 0 bridgehead atoms. The maximum atomic E-state index is 13.1. The van der Waals surface area contributed by atoms with Gasteiger partial charge in [-0.3, -0.25) is 9.59 Å². The van der Waals surface area contributed by atoms with Crippen LogP contribution < -0.4 is 10.3 Å². The Hall–Kier alpha value is -3.36. The molecule has 0 fully saturated rings. The monoisotopic (exact) mass is 434 g/mol. The van der Waals surface area contributed by atoms with Gasteiger partial charge >= 0.3 is 12.3 Å². The second kappa shape index (κ2) is 8.05. The van der Waals surface area contributed by atoms with Crippen molar-refractivity contribution in [2.24, 2.45) is 0 Å². The Balaban J connectivity index is 2.17. The molecule has 3 aromatic rings. The molecule has 0 aliphatic heterocycles. The molecule has 0 spiro atoms. The molecule has 0 radical (unpaired) electrons. The van der Waals surface area contributed by atoms with Gasteiger partial charge in [-0.25, -0.2) is 4.98 Å². The molecule has 0 saturated carbocycles. The smallest absolute Gasteiger partial charge is 0.481 e. The van der Waals surface area contributed by atoms with Crippen LogP contribution in [0.15, 0.2) is 47.3 Å². The van der Waals surface area contributed by atoms with Gasteiger partial charge in [-0.15, -0.1) is 13.2 Å². The van der Waals surface area contributed by atoms with E-state index in [9.17, 15) is 22.8 Å². The first kappa shape index (κ1) is 22.3. The molecule has 0 aliphatic rings. The van der Waals surface area contributed by atoms with Crippen LogP contribution in [0.3, 0.4) is 0 Å². The van der Waals surface area contributed by atoms with E-state index in [1.54, 1.807) is 24.3 Å². The minimum Gasteiger partial charge on any atom is -0.481 e. The molecule has 0 unspecified atom stereocenters. The van der Waals surface area contributed by atoms with Crippen LogP contribution in [-0.2, 0) is 16.8 Å². The number of ether oxygens (including phenoxy) is 1. The normalized spacial score (nSPS) is 12.2. The van der Waals surface area contributed by atoms with E-state index in [2.05, 4.69) is 9.72 Å². The summed E-state index contributed by atoms with van der Waals surface area (Å²) in [6.07, 6.45) is -5.08. The van der Waals surface area contributed by atoms with Crippen LogP contribution in [0.5, 0.6) is 5.75 Å². The molecule has 9 heteroatoms. The van der Waals surface area contributed by atoms with E-state index in [1.807, 2.05) is 20.8 Å². The van der Waals surface area contributed by atoms with Gasteiger partial charge in [-0.2, -0.15) is 0 Å². The topological polar surface area (TPSA) is 81.4 Å². The highest BCUT2D eigenvalue weighted by molar-refractivity contribution is 5.82. The van der Waals surface area contributed by atoms with Crippen LogP contribution in [0.2, 0.25) is 0 Å². The van der Waals surface area contributed by atoms with Crippen molar-refractivity contribution in [1.82, 2.24) is 9.55 Å². The number of fused-ring (bicyclic) bond motifs is 1. The van der Waals surface area contributed by atoms with Crippen molar-refractivity contribution in [2.75, 3.05) is 0 Å². The number of rotatable bonds is 5. The van der Waals surface area contributed by atoms with E-state index in [1.165, 1.54) is 22.8 Å². The quantitative estimate of drug-likeness (QED) is 0.628. The fourth-order valence-corrected chi connectivity index (χ4v) is 3.21. The third-order valence-corrected chi connectivity index (χ3v) is 4.61. The molecule has 0 atom stereocenters. The van der Waals surface area contributed by atoms with E-state index >= 15 is 0 Å². The number of carbonyl (C=O) groups is 1. The van der Waals surface area contributed by atoms with Gasteiger partial charge in [0.1, 0.15) is 11.4 Å². The molecular formula is C22H21F3N2O4. The number of halogens is 3. The number of hydrogen-bond donors (Lipinski definition) is 1. The maximum absolute atomic E-state index is 13.1. The molecule has 0 amide bonds. The van der Waals surface area contributed by atoms with Gasteiger partial charge in [-0.1, -0.05) is 39.0 Å². The summed E-state index contributed by atoms with van der Waals surface area (Å²) < 4.78 is 43.0. The molecular weight excluding hydrogens is 413 g/mol. The highest BCUT2D eigenvalue weighted by Gasteiger charge is 2.31. The molecule has 3 rings (SSSR count). The first-order valence-electron chi connectivity index (χ1n) is 9.48. The van der Waals surface area contributed by atoms with Gasteiger partial charge in [0.25, 0.3) is 5.56 Å². The lowest BCUT2D eigenvalue weighted by Gasteiger charge is -2.20. The van der Waals surface area contributed by atoms with Crippen molar-refractivity contribution in [3.63, 3.8) is 0 Å². The molecule has 1 N–H and O–H groups in total. The van der Waals surface area contributed by atoms with E-state index in [0.717, 1.165) is 0 Å². The highest BCUT2D eigenvalue weighted by Crippen LogP contribution is 2.30. The predicted molar refractivity (Wildman–Crippen MR) is 109 cm³/mol. The van der Waals surface area contributed by atoms with E-state index in [4.69, 9.17) is 5.11 Å². The first-order valence-corrected chi connectivity index (χ1v) is 9.48. The summed E-state index contributed by atoms with van der Waals surface area (Å²) in [7, 11) is 0. The Kier molecular flexibility index (Phi) is 5.80. The Labute approximate surface area is 175 Å². The second-order valence-corrected chi connectivity index (χ2v) is 8.09. The summed E-state index contributed by atoms with van der Waals surface area (Å²) in [5, 5.41) is 9.09. The van der Waals surface area contributed by atoms with E-state index in [0.29, 0.717) is 27.9 Å². The lowest BCUT2D eigenvalue weighted by Crippen LogP contribution is -2.33. The molecule has 0 saturated heterocycles. The van der Waals surface area contributed by atoms with Crippen molar-refractivity contribution in [1.29, 1.82) is 0 Å². The number of aryl methyl sites for hydroxylation is 1. The van der Waals surface area contributed by atoms with Crippen LogP contribution in [0.4, 0.5) is 13.2 Å². The SMILES string of the molecule is CC(C)(C)c1nc2ccc(-c3cccc(OC(F)(F)F)c3)cc2n(CCC(=O)O)c1=O. The Bertz CT molecular complexity index is 1190. The molecule has 164 valence electrons. The largest absolute Gasteiger partial charge is 0.573 e. The highest BCUT2D eigenvalue weighted by atomic mass is 19.4. The van der Waals surface area contributed by atoms with Crippen molar-refractivity contribution in [3.05, 3.63) is 58.5 Å². The Morgan fingerprint density at radius 2 is 1.77 bits per heavy atom. The van der Waals surface area contributed by atoms with Gasteiger partial charge in [0, 0.05) is 12.0 Å². The van der Waals surface area contributed by atoms with Crippen molar-refractivity contribution in [2.45, 2.75) is 45.5 Å². The lowest BCUT2D eigenvalue weighted by molar-refractivity contribution is -0.274. The number of carboxylic acid groups (broad SMARTS) is 1. The number of hydrogen-bond acceptors (Lipinski definition) is 4. The maximum Gasteiger partial charge on any atom is 0.573 e. The zero-order valence-electron chi connectivity index (χ0n) is 17.2. The minimum absolute atomic E-state index is 0.0586. The van der Waals surface area contributed by atoms with Gasteiger partial charge in [0.2, 0.25) is 0 Å². The summed E-state index contributed by atoms with van der Waals surface area (Å²) in [4.78, 5) is 28.6. The summed E-state index contributed by atoms with van der Waals surface area (Å²) in [6.45, 7) is 5.46. The van der Waals surface area contributed by atoms with E-state index in [-0.39, 0.29) is 18.7 Å².